The Bertz CT molecular complexity index is 1160. The van der Waals surface area contributed by atoms with E-state index in [0.29, 0.717) is 49.0 Å². The van der Waals surface area contributed by atoms with Crippen LogP contribution in [0.15, 0.2) is 30.3 Å². The van der Waals surface area contributed by atoms with Gasteiger partial charge in [0.1, 0.15) is 11.6 Å². The monoisotopic (exact) mass is 530 g/mol. The number of aromatic nitrogens is 4. The van der Waals surface area contributed by atoms with Crippen LogP contribution in [0.1, 0.15) is 44.4 Å². The highest BCUT2D eigenvalue weighted by molar-refractivity contribution is 5.78. The van der Waals surface area contributed by atoms with Gasteiger partial charge in [-0.15, -0.1) is 0 Å². The van der Waals surface area contributed by atoms with E-state index in [1.807, 2.05) is 4.90 Å². The van der Waals surface area contributed by atoms with Gasteiger partial charge in [-0.05, 0) is 25.0 Å². The number of halogens is 2. The predicted molar refractivity (Wildman–Crippen MR) is 140 cm³/mol. The van der Waals surface area contributed by atoms with E-state index in [-0.39, 0.29) is 11.8 Å². The number of rotatable bonds is 5. The molecule has 2 saturated heterocycles. The molecule has 0 spiro atoms. The molecular weight excluding hydrogens is 494 g/mol. The third kappa shape index (κ3) is 6.22. The third-order valence-electron chi connectivity index (χ3n) is 7.34. The lowest BCUT2D eigenvalue weighted by Gasteiger charge is -2.36. The Balaban J connectivity index is 0.000000204. The minimum Gasteiger partial charge on any atom is -0.467 e. The summed E-state index contributed by atoms with van der Waals surface area (Å²) in [6.45, 7) is 6.73. The number of ether oxygens (including phenoxy) is 3. The zero-order chi connectivity index (χ0) is 26.3. The molecule has 11 heteroatoms. The number of morpholine rings is 2. The van der Waals surface area contributed by atoms with Gasteiger partial charge in [0.05, 0.1) is 44.6 Å². The van der Waals surface area contributed by atoms with Gasteiger partial charge in [-0.2, -0.15) is 9.97 Å². The first-order chi connectivity index (χ1) is 18.6. The summed E-state index contributed by atoms with van der Waals surface area (Å²) in [6.07, 6.45) is 4.47. The highest BCUT2D eigenvalue weighted by Crippen LogP contribution is 2.29. The van der Waals surface area contributed by atoms with Gasteiger partial charge in [0.15, 0.2) is 5.82 Å². The average Bonchev–Trinajstić information content (AvgIpc) is 3.39. The van der Waals surface area contributed by atoms with E-state index in [9.17, 15) is 8.78 Å². The number of para-hydroxylation sites is 2. The number of nitrogens with zero attached hydrogens (tertiary/aromatic N) is 6. The topological polar surface area (TPSA) is 77.8 Å². The molecule has 0 atom stereocenters. The molecule has 0 unspecified atom stereocenters. The van der Waals surface area contributed by atoms with Crippen LogP contribution in [0.25, 0.3) is 16.9 Å². The number of imidazole rings is 1. The molecule has 206 valence electrons. The maximum atomic E-state index is 13.6. The quantitative estimate of drug-likeness (QED) is 0.485. The number of hydrogen-bond donors (Lipinski definition) is 0. The molecule has 0 N–H and O–H groups in total. The van der Waals surface area contributed by atoms with Crippen molar-refractivity contribution >= 4 is 16.9 Å². The van der Waals surface area contributed by atoms with Crippen LogP contribution in [0.2, 0.25) is 0 Å². The summed E-state index contributed by atoms with van der Waals surface area (Å²) in [5.41, 5.74) is 1.03. The number of benzene rings is 1. The Morgan fingerprint density at radius 3 is 2.21 bits per heavy atom. The standard InChI is InChI=1S/C17H17F2N5O2.C10H19NO/c1-25-17-21-13(23-6-8-26-9-7-23)10-14(22-17)24-12-5-3-2-4-11(12)20-16(24)15(18)19;1-2-4-10(5-3-1)11-6-8-12-9-7-11/h2-5,10,15H,6-9H2,1H3;10H,1-9H2. The van der Waals surface area contributed by atoms with E-state index in [2.05, 4.69) is 19.9 Å². The van der Waals surface area contributed by atoms with Gasteiger partial charge in [-0.25, -0.2) is 13.8 Å². The maximum absolute atomic E-state index is 13.6. The maximum Gasteiger partial charge on any atom is 0.320 e. The van der Waals surface area contributed by atoms with Gasteiger partial charge in [-0.3, -0.25) is 9.47 Å². The molecule has 1 aliphatic carbocycles. The molecule has 3 aromatic rings. The number of methoxy groups -OCH3 is 1. The summed E-state index contributed by atoms with van der Waals surface area (Å²) in [5, 5.41) is 0. The average molecular weight is 531 g/mol. The van der Waals surface area contributed by atoms with Gasteiger partial charge < -0.3 is 19.1 Å². The van der Waals surface area contributed by atoms with E-state index in [1.165, 1.54) is 56.9 Å². The van der Waals surface area contributed by atoms with Crippen molar-refractivity contribution in [2.45, 2.75) is 44.6 Å². The van der Waals surface area contributed by atoms with E-state index >= 15 is 0 Å². The SMILES string of the molecule is C1CCC(N2CCOCC2)CC1.COc1nc(N2CCOCC2)cc(-n2c(C(F)F)nc3ccccc32)n1. The zero-order valence-electron chi connectivity index (χ0n) is 21.9. The minimum absolute atomic E-state index is 0.113. The second-order valence-electron chi connectivity index (χ2n) is 9.71. The fourth-order valence-electron chi connectivity index (χ4n) is 5.38. The highest BCUT2D eigenvalue weighted by atomic mass is 19.3. The molecule has 4 heterocycles. The van der Waals surface area contributed by atoms with Crippen molar-refractivity contribution in [2.24, 2.45) is 0 Å². The van der Waals surface area contributed by atoms with Crippen LogP contribution in [-0.2, 0) is 9.47 Å². The lowest BCUT2D eigenvalue weighted by Crippen LogP contribution is -2.44. The first-order valence-corrected chi connectivity index (χ1v) is 13.5. The third-order valence-corrected chi connectivity index (χ3v) is 7.34. The molecule has 3 fully saturated rings. The lowest BCUT2D eigenvalue weighted by molar-refractivity contribution is 0.00858. The van der Waals surface area contributed by atoms with Crippen LogP contribution in [0.3, 0.4) is 0 Å². The Morgan fingerprint density at radius 1 is 0.868 bits per heavy atom. The van der Waals surface area contributed by atoms with Gasteiger partial charge in [0.25, 0.3) is 6.43 Å². The van der Waals surface area contributed by atoms with E-state index in [0.717, 1.165) is 19.3 Å². The van der Waals surface area contributed by atoms with Crippen LogP contribution in [0.5, 0.6) is 6.01 Å². The predicted octanol–water partition coefficient (Wildman–Crippen LogP) is 4.25. The Hall–Kier alpha value is -2.89. The summed E-state index contributed by atoms with van der Waals surface area (Å²) < 4.78 is 44.5. The number of alkyl halides is 2. The molecule has 9 nitrogen and oxygen atoms in total. The van der Waals surface area contributed by atoms with Gasteiger partial charge in [0, 0.05) is 38.3 Å². The second-order valence-corrected chi connectivity index (χ2v) is 9.71. The van der Waals surface area contributed by atoms with Crippen molar-refractivity contribution in [3.05, 3.63) is 36.2 Å². The van der Waals surface area contributed by atoms with Crippen molar-refractivity contribution in [1.82, 2.24) is 24.4 Å². The van der Waals surface area contributed by atoms with Gasteiger partial charge >= 0.3 is 6.01 Å². The first-order valence-electron chi connectivity index (χ1n) is 13.5. The van der Waals surface area contributed by atoms with Crippen molar-refractivity contribution in [3.63, 3.8) is 0 Å². The Morgan fingerprint density at radius 2 is 1.53 bits per heavy atom. The van der Waals surface area contributed by atoms with Crippen LogP contribution in [-0.4, -0.2) is 90.2 Å². The van der Waals surface area contributed by atoms with E-state index in [1.54, 1.807) is 30.3 Å². The smallest absolute Gasteiger partial charge is 0.320 e. The first kappa shape index (κ1) is 26.7. The molecule has 0 radical (unpaired) electrons. The minimum atomic E-state index is -2.74. The normalized spacial score (nSPS) is 19.4. The molecule has 38 heavy (non-hydrogen) atoms. The van der Waals surface area contributed by atoms with E-state index in [4.69, 9.17) is 14.2 Å². The van der Waals surface area contributed by atoms with Crippen LogP contribution in [0, 0.1) is 0 Å². The number of hydrogen-bond acceptors (Lipinski definition) is 8. The van der Waals surface area contributed by atoms with Crippen molar-refractivity contribution < 1.29 is 23.0 Å². The van der Waals surface area contributed by atoms with Crippen molar-refractivity contribution in [3.8, 4) is 11.8 Å². The van der Waals surface area contributed by atoms with E-state index < -0.39 is 6.43 Å². The highest BCUT2D eigenvalue weighted by Gasteiger charge is 2.24. The van der Waals surface area contributed by atoms with Crippen LogP contribution in [0.4, 0.5) is 14.6 Å². The molecule has 2 aromatic heterocycles. The summed E-state index contributed by atoms with van der Waals surface area (Å²) in [5.74, 6) is 0.537. The molecule has 1 aromatic carbocycles. The molecule has 0 bridgehead atoms. The summed E-state index contributed by atoms with van der Waals surface area (Å²) in [6, 6.07) is 9.64. The molecule has 3 aliphatic rings. The molecule has 2 aliphatic heterocycles. The second kappa shape index (κ2) is 12.8. The summed E-state index contributed by atoms with van der Waals surface area (Å²) in [4.78, 5) is 17.3. The largest absolute Gasteiger partial charge is 0.467 e. The summed E-state index contributed by atoms with van der Waals surface area (Å²) in [7, 11) is 1.45. The van der Waals surface area contributed by atoms with Gasteiger partial charge in [0.2, 0.25) is 0 Å². The molecule has 0 amide bonds. The van der Waals surface area contributed by atoms with Gasteiger partial charge in [-0.1, -0.05) is 31.4 Å². The molecular formula is C27H36F2N6O3. The van der Waals surface area contributed by atoms with Crippen molar-refractivity contribution in [2.75, 3.05) is 64.6 Å². The number of fused-ring (bicyclic) bond motifs is 1. The molecule has 6 rings (SSSR count). The summed E-state index contributed by atoms with van der Waals surface area (Å²) >= 11 is 0. The fraction of sp³-hybridized carbons (Fsp3) is 0.593. The zero-order valence-corrected chi connectivity index (χ0v) is 21.9. The lowest BCUT2D eigenvalue weighted by atomic mass is 9.94. The Labute approximate surface area is 221 Å². The van der Waals surface area contributed by atoms with Crippen molar-refractivity contribution in [1.29, 1.82) is 0 Å². The fourth-order valence-corrected chi connectivity index (χ4v) is 5.38. The Kier molecular flexibility index (Phi) is 8.98. The van der Waals surface area contributed by atoms with Crippen LogP contribution >= 0.6 is 0 Å². The molecule has 1 saturated carbocycles. The van der Waals surface area contributed by atoms with Crippen LogP contribution < -0.4 is 9.64 Å². The number of anilines is 1.